The number of nitrogens with one attached hydrogen (secondary N) is 2. The van der Waals surface area contributed by atoms with Gasteiger partial charge in [-0.15, -0.1) is 0 Å². The molecule has 1 aromatic rings. The van der Waals surface area contributed by atoms with E-state index in [0.29, 0.717) is 22.8 Å². The molecule has 1 atom stereocenters. The van der Waals surface area contributed by atoms with Crippen LogP contribution >= 0.6 is 0 Å². The fourth-order valence-corrected chi connectivity index (χ4v) is 2.26. The Balaban J connectivity index is 2.24. The molecule has 110 valence electrons. The summed E-state index contributed by atoms with van der Waals surface area (Å²) in [6.07, 6.45) is 0.941. The van der Waals surface area contributed by atoms with Crippen molar-refractivity contribution in [2.45, 2.75) is 12.5 Å². The van der Waals surface area contributed by atoms with E-state index in [1.165, 1.54) is 21.3 Å². The standard InChI is InChI=1S/C14H20N2O4/c1-18-11-6-9(7-12(19-2)13(11)20-3)14(17)16-10-4-5-15-8-10/h6-7,10,15H,4-5,8H2,1-3H3,(H,16,17)/t10-/m1/s1. The molecule has 0 aliphatic carbocycles. The lowest BCUT2D eigenvalue weighted by atomic mass is 10.1. The molecular weight excluding hydrogens is 260 g/mol. The van der Waals surface area contributed by atoms with Gasteiger partial charge in [-0.1, -0.05) is 0 Å². The van der Waals surface area contributed by atoms with Crippen molar-refractivity contribution in [3.8, 4) is 17.2 Å². The van der Waals surface area contributed by atoms with E-state index in [4.69, 9.17) is 14.2 Å². The zero-order valence-electron chi connectivity index (χ0n) is 12.0. The average molecular weight is 280 g/mol. The summed E-state index contributed by atoms with van der Waals surface area (Å²) < 4.78 is 15.7. The van der Waals surface area contributed by atoms with Gasteiger partial charge in [-0.3, -0.25) is 4.79 Å². The van der Waals surface area contributed by atoms with E-state index in [9.17, 15) is 4.79 Å². The lowest BCUT2D eigenvalue weighted by molar-refractivity contribution is 0.0939. The normalized spacial score (nSPS) is 17.6. The molecular formula is C14H20N2O4. The molecule has 1 fully saturated rings. The molecule has 1 aliphatic rings. The number of rotatable bonds is 5. The van der Waals surface area contributed by atoms with Gasteiger partial charge in [-0.2, -0.15) is 0 Å². The van der Waals surface area contributed by atoms with Gasteiger partial charge in [-0.05, 0) is 25.1 Å². The number of ether oxygens (including phenoxy) is 3. The average Bonchev–Trinajstić information content (AvgIpc) is 2.98. The van der Waals surface area contributed by atoms with Crippen molar-refractivity contribution in [1.82, 2.24) is 10.6 Å². The molecule has 0 spiro atoms. The van der Waals surface area contributed by atoms with E-state index in [0.717, 1.165) is 19.5 Å². The van der Waals surface area contributed by atoms with Crippen molar-refractivity contribution in [2.75, 3.05) is 34.4 Å². The first-order chi connectivity index (χ1) is 9.69. The third kappa shape index (κ3) is 2.96. The Morgan fingerprint density at radius 1 is 1.20 bits per heavy atom. The number of methoxy groups -OCH3 is 3. The molecule has 0 saturated carbocycles. The van der Waals surface area contributed by atoms with Crippen molar-refractivity contribution < 1.29 is 19.0 Å². The summed E-state index contributed by atoms with van der Waals surface area (Å²) in [6.45, 7) is 1.73. The third-order valence-corrected chi connectivity index (χ3v) is 3.32. The molecule has 2 rings (SSSR count). The lowest BCUT2D eigenvalue weighted by Crippen LogP contribution is -2.36. The fourth-order valence-electron chi connectivity index (χ4n) is 2.26. The number of carbonyl (C=O) groups is 1. The highest BCUT2D eigenvalue weighted by atomic mass is 16.5. The number of hydrogen-bond donors (Lipinski definition) is 2. The van der Waals surface area contributed by atoms with E-state index in [1.807, 2.05) is 0 Å². The molecule has 1 aromatic carbocycles. The highest BCUT2D eigenvalue weighted by Gasteiger charge is 2.20. The molecule has 1 aliphatic heterocycles. The Morgan fingerprint density at radius 2 is 1.85 bits per heavy atom. The van der Waals surface area contributed by atoms with E-state index >= 15 is 0 Å². The first-order valence-electron chi connectivity index (χ1n) is 6.51. The van der Waals surface area contributed by atoms with Gasteiger partial charge in [0.1, 0.15) is 0 Å². The molecule has 0 aromatic heterocycles. The predicted molar refractivity (Wildman–Crippen MR) is 74.8 cm³/mol. The van der Waals surface area contributed by atoms with Crippen LogP contribution < -0.4 is 24.8 Å². The molecule has 0 bridgehead atoms. The van der Waals surface area contributed by atoms with Gasteiger partial charge in [0, 0.05) is 18.2 Å². The lowest BCUT2D eigenvalue weighted by Gasteiger charge is -2.15. The Hall–Kier alpha value is -1.95. The van der Waals surface area contributed by atoms with Crippen LogP contribution in [0.3, 0.4) is 0 Å². The molecule has 2 N–H and O–H groups in total. The predicted octanol–water partition coefficient (Wildman–Crippen LogP) is 0.804. The Kier molecular flexibility index (Phi) is 4.68. The van der Waals surface area contributed by atoms with Crippen LogP contribution in [-0.2, 0) is 0 Å². The zero-order valence-corrected chi connectivity index (χ0v) is 12.0. The van der Waals surface area contributed by atoms with E-state index in [-0.39, 0.29) is 11.9 Å². The number of benzene rings is 1. The summed E-state index contributed by atoms with van der Waals surface area (Å²) in [6, 6.07) is 3.47. The second-order valence-electron chi connectivity index (χ2n) is 4.58. The van der Waals surface area contributed by atoms with Crippen LogP contribution in [0.4, 0.5) is 0 Å². The summed E-state index contributed by atoms with van der Waals surface area (Å²) in [5, 5.41) is 6.19. The first kappa shape index (κ1) is 14.5. The van der Waals surface area contributed by atoms with Crippen LogP contribution in [0, 0.1) is 0 Å². The van der Waals surface area contributed by atoms with E-state index < -0.39 is 0 Å². The third-order valence-electron chi connectivity index (χ3n) is 3.32. The molecule has 6 nitrogen and oxygen atoms in total. The monoisotopic (exact) mass is 280 g/mol. The van der Waals surface area contributed by atoms with Crippen LogP contribution in [0.1, 0.15) is 16.8 Å². The minimum absolute atomic E-state index is 0.141. The number of hydrogen-bond acceptors (Lipinski definition) is 5. The maximum atomic E-state index is 12.2. The van der Waals surface area contributed by atoms with Gasteiger partial charge >= 0.3 is 0 Å². The van der Waals surface area contributed by atoms with Crippen LogP contribution in [0.25, 0.3) is 0 Å². The van der Waals surface area contributed by atoms with Gasteiger partial charge in [-0.25, -0.2) is 0 Å². The van der Waals surface area contributed by atoms with Crippen LogP contribution in [-0.4, -0.2) is 46.4 Å². The largest absolute Gasteiger partial charge is 0.493 e. The maximum Gasteiger partial charge on any atom is 0.251 e. The summed E-state index contributed by atoms with van der Waals surface area (Å²) in [5.41, 5.74) is 0.492. The molecule has 20 heavy (non-hydrogen) atoms. The molecule has 0 radical (unpaired) electrons. The summed E-state index contributed by atoms with van der Waals surface area (Å²) in [7, 11) is 4.59. The Labute approximate surface area is 118 Å². The number of carbonyl (C=O) groups excluding carboxylic acids is 1. The van der Waals surface area contributed by atoms with Crippen molar-refractivity contribution >= 4 is 5.91 Å². The zero-order chi connectivity index (χ0) is 14.5. The topological polar surface area (TPSA) is 68.8 Å². The van der Waals surface area contributed by atoms with Gasteiger partial charge < -0.3 is 24.8 Å². The van der Waals surface area contributed by atoms with Gasteiger partial charge in [0.05, 0.1) is 21.3 Å². The second kappa shape index (κ2) is 6.47. The molecule has 0 unspecified atom stereocenters. The van der Waals surface area contributed by atoms with Gasteiger partial charge in [0.25, 0.3) is 5.91 Å². The molecule has 1 saturated heterocycles. The quantitative estimate of drug-likeness (QED) is 0.835. The second-order valence-corrected chi connectivity index (χ2v) is 4.58. The van der Waals surface area contributed by atoms with Crippen molar-refractivity contribution in [1.29, 1.82) is 0 Å². The molecule has 1 heterocycles. The summed E-state index contributed by atoms with van der Waals surface area (Å²) in [5.74, 6) is 1.29. The van der Waals surface area contributed by atoms with Crippen molar-refractivity contribution in [3.05, 3.63) is 17.7 Å². The SMILES string of the molecule is COc1cc(C(=O)N[C@@H]2CCNC2)cc(OC)c1OC. The van der Waals surface area contributed by atoms with Crippen LogP contribution in [0.15, 0.2) is 12.1 Å². The minimum atomic E-state index is -0.141. The van der Waals surface area contributed by atoms with E-state index in [2.05, 4.69) is 10.6 Å². The maximum absolute atomic E-state index is 12.2. The summed E-state index contributed by atoms with van der Waals surface area (Å²) in [4.78, 5) is 12.2. The van der Waals surface area contributed by atoms with Gasteiger partial charge in [0.2, 0.25) is 5.75 Å². The highest BCUT2D eigenvalue weighted by molar-refractivity contribution is 5.95. The first-order valence-corrected chi connectivity index (χ1v) is 6.51. The highest BCUT2D eigenvalue weighted by Crippen LogP contribution is 2.38. The fraction of sp³-hybridized carbons (Fsp3) is 0.500. The molecule has 1 amide bonds. The molecule has 6 heteroatoms. The summed E-state index contributed by atoms with van der Waals surface area (Å²) >= 11 is 0. The van der Waals surface area contributed by atoms with Crippen LogP contribution in [0.2, 0.25) is 0 Å². The smallest absolute Gasteiger partial charge is 0.251 e. The van der Waals surface area contributed by atoms with Crippen molar-refractivity contribution in [2.24, 2.45) is 0 Å². The van der Waals surface area contributed by atoms with Crippen molar-refractivity contribution in [3.63, 3.8) is 0 Å². The number of amides is 1. The van der Waals surface area contributed by atoms with E-state index in [1.54, 1.807) is 12.1 Å². The minimum Gasteiger partial charge on any atom is -0.493 e. The Bertz CT molecular complexity index is 459. The van der Waals surface area contributed by atoms with Gasteiger partial charge in [0.15, 0.2) is 11.5 Å². The Morgan fingerprint density at radius 3 is 2.30 bits per heavy atom. The van der Waals surface area contributed by atoms with Crippen LogP contribution in [0.5, 0.6) is 17.2 Å².